The van der Waals surface area contributed by atoms with E-state index in [-0.39, 0.29) is 6.04 Å². The van der Waals surface area contributed by atoms with Gasteiger partial charge in [-0.3, -0.25) is 0 Å². The topological polar surface area (TPSA) is 50.9 Å². The Labute approximate surface area is 66.6 Å². The number of hydrogen-bond donors (Lipinski definition) is 2. The van der Waals surface area contributed by atoms with Crippen LogP contribution in [0.4, 0.5) is 5.82 Å². The van der Waals surface area contributed by atoms with Crippen molar-refractivity contribution in [3.63, 3.8) is 0 Å². The number of nitrogens with zero attached hydrogens (tertiary/aromatic N) is 1. The molecule has 1 rings (SSSR count). The Balaban J connectivity index is 2.39. The monoisotopic (exact) mass is 151 g/mol. The summed E-state index contributed by atoms with van der Waals surface area (Å²) in [7, 11) is 0. The maximum atomic E-state index is 5.55. The van der Waals surface area contributed by atoms with E-state index in [1.54, 1.807) is 6.20 Å². The third-order valence-electron chi connectivity index (χ3n) is 1.27. The fraction of sp³-hybridized carbons (Fsp3) is 0.375. The van der Waals surface area contributed by atoms with Crippen molar-refractivity contribution in [1.29, 1.82) is 0 Å². The molecule has 0 amide bonds. The summed E-state index contributed by atoms with van der Waals surface area (Å²) in [6, 6.07) is 5.91. The van der Waals surface area contributed by atoms with Crippen molar-refractivity contribution >= 4 is 5.82 Å². The molecule has 1 unspecified atom stereocenters. The van der Waals surface area contributed by atoms with Crippen LogP contribution in [0.2, 0.25) is 0 Å². The van der Waals surface area contributed by atoms with Gasteiger partial charge < -0.3 is 11.1 Å². The first-order valence-electron chi connectivity index (χ1n) is 3.69. The molecule has 0 spiro atoms. The summed E-state index contributed by atoms with van der Waals surface area (Å²) >= 11 is 0. The second kappa shape index (κ2) is 3.93. The van der Waals surface area contributed by atoms with E-state index in [2.05, 4.69) is 10.3 Å². The molecule has 1 aromatic heterocycles. The molecule has 3 heteroatoms. The highest BCUT2D eigenvalue weighted by Crippen LogP contribution is 1.98. The maximum absolute atomic E-state index is 5.55. The van der Waals surface area contributed by atoms with Gasteiger partial charge in [0.05, 0.1) is 0 Å². The van der Waals surface area contributed by atoms with E-state index in [4.69, 9.17) is 5.73 Å². The van der Waals surface area contributed by atoms with Crippen molar-refractivity contribution in [2.24, 2.45) is 5.73 Å². The van der Waals surface area contributed by atoms with Gasteiger partial charge in [0.15, 0.2) is 0 Å². The van der Waals surface area contributed by atoms with E-state index in [9.17, 15) is 0 Å². The molecule has 0 bridgehead atoms. The lowest BCUT2D eigenvalue weighted by molar-refractivity contribution is 0.777. The van der Waals surface area contributed by atoms with Crippen LogP contribution in [-0.4, -0.2) is 17.6 Å². The van der Waals surface area contributed by atoms with Gasteiger partial charge in [-0.25, -0.2) is 4.98 Å². The van der Waals surface area contributed by atoms with Crippen molar-refractivity contribution in [3.05, 3.63) is 24.4 Å². The quantitative estimate of drug-likeness (QED) is 0.673. The lowest BCUT2D eigenvalue weighted by Crippen LogP contribution is -2.25. The fourth-order valence-corrected chi connectivity index (χ4v) is 0.733. The molecule has 0 saturated heterocycles. The van der Waals surface area contributed by atoms with Crippen LogP contribution < -0.4 is 11.1 Å². The summed E-state index contributed by atoms with van der Waals surface area (Å²) < 4.78 is 0. The Kier molecular flexibility index (Phi) is 2.86. The molecule has 1 aromatic rings. The number of anilines is 1. The fourth-order valence-electron chi connectivity index (χ4n) is 0.733. The summed E-state index contributed by atoms with van der Waals surface area (Å²) in [6.45, 7) is 2.72. The molecule has 0 aliphatic rings. The smallest absolute Gasteiger partial charge is 0.125 e. The minimum Gasteiger partial charge on any atom is -0.369 e. The molecule has 0 aliphatic heterocycles. The van der Waals surface area contributed by atoms with Crippen molar-refractivity contribution < 1.29 is 0 Å². The first kappa shape index (κ1) is 8.01. The number of nitrogens with two attached hydrogens (primary N) is 1. The molecule has 60 valence electrons. The highest BCUT2D eigenvalue weighted by atomic mass is 15.0. The second-order valence-electron chi connectivity index (χ2n) is 2.57. The number of hydrogen-bond acceptors (Lipinski definition) is 3. The van der Waals surface area contributed by atoms with E-state index >= 15 is 0 Å². The van der Waals surface area contributed by atoms with E-state index in [1.807, 2.05) is 25.1 Å². The van der Waals surface area contributed by atoms with Crippen LogP contribution in [0, 0.1) is 0 Å². The van der Waals surface area contributed by atoms with Crippen LogP contribution in [0.3, 0.4) is 0 Å². The average molecular weight is 151 g/mol. The van der Waals surface area contributed by atoms with Crippen LogP contribution in [-0.2, 0) is 0 Å². The van der Waals surface area contributed by atoms with Crippen molar-refractivity contribution in [2.75, 3.05) is 11.9 Å². The van der Waals surface area contributed by atoms with Crippen LogP contribution in [0.1, 0.15) is 6.92 Å². The number of pyridine rings is 1. The zero-order valence-electron chi connectivity index (χ0n) is 6.62. The molecule has 0 aromatic carbocycles. The maximum Gasteiger partial charge on any atom is 0.125 e. The van der Waals surface area contributed by atoms with Crippen LogP contribution in [0.5, 0.6) is 0 Å². The van der Waals surface area contributed by atoms with E-state index in [0.717, 1.165) is 12.4 Å². The van der Waals surface area contributed by atoms with Crippen LogP contribution >= 0.6 is 0 Å². The minimum absolute atomic E-state index is 0.164. The van der Waals surface area contributed by atoms with Gasteiger partial charge in [-0.05, 0) is 19.1 Å². The molecule has 3 nitrogen and oxygen atoms in total. The minimum atomic E-state index is 0.164. The molecular weight excluding hydrogens is 138 g/mol. The highest BCUT2D eigenvalue weighted by molar-refractivity contribution is 5.33. The molecular formula is C8H13N3. The lowest BCUT2D eigenvalue weighted by atomic mass is 10.3. The molecule has 1 heterocycles. The molecule has 3 N–H and O–H groups in total. The van der Waals surface area contributed by atoms with Gasteiger partial charge in [-0.15, -0.1) is 0 Å². The summed E-state index contributed by atoms with van der Waals surface area (Å²) in [5.74, 6) is 0.879. The Morgan fingerprint density at radius 3 is 3.00 bits per heavy atom. The Morgan fingerprint density at radius 2 is 2.45 bits per heavy atom. The van der Waals surface area contributed by atoms with Crippen molar-refractivity contribution in [1.82, 2.24) is 4.98 Å². The first-order chi connectivity index (χ1) is 5.29. The molecule has 0 radical (unpaired) electrons. The van der Waals surface area contributed by atoms with Crippen LogP contribution in [0.25, 0.3) is 0 Å². The van der Waals surface area contributed by atoms with Gasteiger partial charge >= 0.3 is 0 Å². The summed E-state index contributed by atoms with van der Waals surface area (Å²) in [5, 5.41) is 3.11. The number of rotatable bonds is 3. The molecule has 0 fully saturated rings. The van der Waals surface area contributed by atoms with Gasteiger partial charge in [-0.2, -0.15) is 0 Å². The van der Waals surface area contributed by atoms with E-state index in [1.165, 1.54) is 0 Å². The number of aromatic nitrogens is 1. The SMILES string of the molecule is CC(N)CNc1ccccn1. The van der Waals surface area contributed by atoms with Crippen molar-refractivity contribution in [2.45, 2.75) is 13.0 Å². The molecule has 0 aliphatic carbocycles. The summed E-state index contributed by atoms with van der Waals surface area (Å²) in [6.07, 6.45) is 1.75. The predicted octanol–water partition coefficient (Wildman–Crippen LogP) is 0.841. The van der Waals surface area contributed by atoms with Gasteiger partial charge in [0.25, 0.3) is 0 Å². The van der Waals surface area contributed by atoms with Crippen LogP contribution in [0.15, 0.2) is 24.4 Å². The summed E-state index contributed by atoms with van der Waals surface area (Å²) in [5.41, 5.74) is 5.55. The zero-order valence-corrected chi connectivity index (χ0v) is 6.62. The molecule has 11 heavy (non-hydrogen) atoms. The van der Waals surface area contributed by atoms with Gasteiger partial charge in [0, 0.05) is 18.8 Å². The second-order valence-corrected chi connectivity index (χ2v) is 2.57. The van der Waals surface area contributed by atoms with Crippen molar-refractivity contribution in [3.8, 4) is 0 Å². The predicted molar refractivity (Wildman–Crippen MR) is 46.4 cm³/mol. The Bertz CT molecular complexity index is 196. The van der Waals surface area contributed by atoms with E-state index in [0.29, 0.717) is 0 Å². The third-order valence-corrected chi connectivity index (χ3v) is 1.27. The molecule has 0 saturated carbocycles. The average Bonchev–Trinajstić information content (AvgIpc) is 2.03. The summed E-state index contributed by atoms with van der Waals surface area (Å²) in [4.78, 5) is 4.08. The highest BCUT2D eigenvalue weighted by Gasteiger charge is 1.93. The lowest BCUT2D eigenvalue weighted by Gasteiger charge is -2.06. The standard InChI is InChI=1S/C8H13N3/c1-7(9)6-11-8-4-2-3-5-10-8/h2-5,7H,6,9H2,1H3,(H,10,11). The molecule has 1 atom stereocenters. The normalized spacial score (nSPS) is 12.5. The van der Waals surface area contributed by atoms with Gasteiger partial charge in [0.1, 0.15) is 5.82 Å². The van der Waals surface area contributed by atoms with Gasteiger partial charge in [0.2, 0.25) is 0 Å². The Morgan fingerprint density at radius 1 is 1.64 bits per heavy atom. The third kappa shape index (κ3) is 3.00. The Hall–Kier alpha value is -1.09. The van der Waals surface area contributed by atoms with Gasteiger partial charge in [-0.1, -0.05) is 6.07 Å². The first-order valence-corrected chi connectivity index (χ1v) is 3.69. The largest absolute Gasteiger partial charge is 0.369 e. The zero-order chi connectivity index (χ0) is 8.10. The number of nitrogens with one attached hydrogen (secondary N) is 1. The van der Waals surface area contributed by atoms with E-state index < -0.39 is 0 Å².